The molecule has 9 nitrogen and oxygen atoms in total. The molecule has 1 saturated heterocycles. The van der Waals surface area contributed by atoms with E-state index in [9.17, 15) is 4.79 Å². The summed E-state index contributed by atoms with van der Waals surface area (Å²) in [5.74, 6) is 2.65. The van der Waals surface area contributed by atoms with E-state index in [0.717, 1.165) is 60.2 Å². The topological polar surface area (TPSA) is 79.6 Å². The van der Waals surface area contributed by atoms with Crippen LogP contribution in [0.5, 0.6) is 5.75 Å². The summed E-state index contributed by atoms with van der Waals surface area (Å²) in [4.78, 5) is 28.2. The Hall–Kier alpha value is -3.20. The molecule has 3 heterocycles. The molecule has 0 N–H and O–H groups in total. The highest BCUT2D eigenvalue weighted by atomic mass is 16.5. The van der Waals surface area contributed by atoms with E-state index in [1.54, 1.807) is 9.58 Å². The standard InChI is InChI=1S/C23H31N7O2/c1-5-32-19-8-6-18(7-9-19)15-27(3)21(31)16-29-10-12-30(13-11-29)23-20-14-24-28(4)22(20)25-17(2)26-23/h6-9,14H,5,10-13,15-16H2,1-4H3. The molecule has 2 aromatic heterocycles. The third-order valence-electron chi connectivity index (χ3n) is 5.79. The number of benzene rings is 1. The van der Waals surface area contributed by atoms with Crippen molar-refractivity contribution in [3.63, 3.8) is 0 Å². The molecule has 9 heteroatoms. The van der Waals surface area contributed by atoms with Gasteiger partial charge in [-0.05, 0) is 31.5 Å². The van der Waals surface area contributed by atoms with Crippen molar-refractivity contribution < 1.29 is 9.53 Å². The summed E-state index contributed by atoms with van der Waals surface area (Å²) < 4.78 is 7.26. The van der Waals surface area contributed by atoms with Crippen LogP contribution in [0.25, 0.3) is 11.0 Å². The van der Waals surface area contributed by atoms with Crippen LogP contribution in [0.15, 0.2) is 30.5 Å². The van der Waals surface area contributed by atoms with Gasteiger partial charge in [0.05, 0.1) is 24.7 Å². The van der Waals surface area contributed by atoms with E-state index in [0.29, 0.717) is 19.7 Å². The summed E-state index contributed by atoms with van der Waals surface area (Å²) in [6.07, 6.45) is 1.83. The van der Waals surface area contributed by atoms with Gasteiger partial charge in [-0.25, -0.2) is 9.97 Å². The van der Waals surface area contributed by atoms with Gasteiger partial charge < -0.3 is 14.5 Å². The number of rotatable bonds is 7. The smallest absolute Gasteiger partial charge is 0.236 e. The van der Waals surface area contributed by atoms with Gasteiger partial charge in [0, 0.05) is 46.8 Å². The third-order valence-corrected chi connectivity index (χ3v) is 5.79. The van der Waals surface area contributed by atoms with Crippen molar-refractivity contribution in [3.8, 4) is 5.75 Å². The molecule has 0 aliphatic carbocycles. The predicted octanol–water partition coefficient (Wildman–Crippen LogP) is 1.85. The molecule has 170 valence electrons. The van der Waals surface area contributed by atoms with E-state index in [1.165, 1.54) is 0 Å². The molecule has 1 fully saturated rings. The number of likely N-dealkylation sites (N-methyl/N-ethyl adjacent to an activating group) is 1. The van der Waals surface area contributed by atoms with E-state index < -0.39 is 0 Å². The summed E-state index contributed by atoms with van der Waals surface area (Å²) in [6.45, 7) is 8.79. The van der Waals surface area contributed by atoms with E-state index in [2.05, 4.69) is 24.9 Å². The summed E-state index contributed by atoms with van der Waals surface area (Å²) in [5.41, 5.74) is 1.94. The lowest BCUT2D eigenvalue weighted by Crippen LogP contribution is -2.50. The molecule has 0 unspecified atom stereocenters. The normalized spacial score (nSPS) is 14.7. The van der Waals surface area contributed by atoms with Crippen LogP contribution in [0.2, 0.25) is 0 Å². The number of fused-ring (bicyclic) bond motifs is 1. The molecule has 32 heavy (non-hydrogen) atoms. The van der Waals surface area contributed by atoms with E-state index in [-0.39, 0.29) is 5.91 Å². The van der Waals surface area contributed by atoms with E-state index >= 15 is 0 Å². The lowest BCUT2D eigenvalue weighted by Gasteiger charge is -2.35. The number of amides is 1. The number of hydrogen-bond donors (Lipinski definition) is 0. The number of aromatic nitrogens is 4. The fourth-order valence-corrected chi connectivity index (χ4v) is 4.00. The number of carbonyl (C=O) groups excluding carboxylic acids is 1. The number of ether oxygens (including phenoxy) is 1. The van der Waals surface area contributed by atoms with Crippen molar-refractivity contribution in [3.05, 3.63) is 41.9 Å². The van der Waals surface area contributed by atoms with E-state index in [1.807, 2.05) is 58.4 Å². The van der Waals surface area contributed by atoms with Gasteiger partial charge in [-0.3, -0.25) is 14.4 Å². The maximum Gasteiger partial charge on any atom is 0.236 e. The van der Waals surface area contributed by atoms with Crippen molar-refractivity contribution >= 4 is 22.8 Å². The Kier molecular flexibility index (Phi) is 6.55. The molecule has 1 aliphatic rings. The van der Waals surface area contributed by atoms with Crippen LogP contribution < -0.4 is 9.64 Å². The predicted molar refractivity (Wildman–Crippen MR) is 124 cm³/mol. The second kappa shape index (κ2) is 9.52. The maximum absolute atomic E-state index is 12.8. The summed E-state index contributed by atoms with van der Waals surface area (Å²) >= 11 is 0. The minimum Gasteiger partial charge on any atom is -0.494 e. The minimum absolute atomic E-state index is 0.125. The number of hydrogen-bond acceptors (Lipinski definition) is 7. The Morgan fingerprint density at radius 3 is 2.53 bits per heavy atom. The van der Waals surface area contributed by atoms with Gasteiger partial charge in [-0.2, -0.15) is 5.10 Å². The van der Waals surface area contributed by atoms with Crippen LogP contribution in [-0.4, -0.2) is 81.8 Å². The molecule has 0 bridgehead atoms. The molecule has 4 rings (SSSR count). The first-order valence-corrected chi connectivity index (χ1v) is 11.0. The minimum atomic E-state index is 0.125. The summed E-state index contributed by atoms with van der Waals surface area (Å²) in [6, 6.07) is 7.92. The number of nitrogens with zero attached hydrogens (tertiary/aromatic N) is 7. The first kappa shape index (κ1) is 22.0. The SMILES string of the molecule is CCOc1ccc(CN(C)C(=O)CN2CCN(c3nc(C)nc4c3cnn4C)CC2)cc1. The highest BCUT2D eigenvalue weighted by Gasteiger charge is 2.23. The first-order valence-electron chi connectivity index (χ1n) is 11.0. The number of aryl methyl sites for hydroxylation is 2. The molecular formula is C23H31N7O2. The second-order valence-electron chi connectivity index (χ2n) is 8.19. The number of piperazine rings is 1. The van der Waals surface area contributed by atoms with Crippen molar-refractivity contribution in [2.24, 2.45) is 7.05 Å². The number of carbonyl (C=O) groups is 1. The van der Waals surface area contributed by atoms with Crippen LogP contribution in [0.1, 0.15) is 18.3 Å². The quantitative estimate of drug-likeness (QED) is 0.558. The van der Waals surface area contributed by atoms with Crippen LogP contribution in [0, 0.1) is 6.92 Å². The van der Waals surface area contributed by atoms with Crippen molar-refractivity contribution in [1.82, 2.24) is 29.5 Å². The molecule has 1 amide bonds. The van der Waals surface area contributed by atoms with Gasteiger partial charge in [0.2, 0.25) is 5.91 Å². The van der Waals surface area contributed by atoms with Gasteiger partial charge in [-0.1, -0.05) is 12.1 Å². The van der Waals surface area contributed by atoms with Crippen LogP contribution >= 0.6 is 0 Å². The zero-order valence-corrected chi connectivity index (χ0v) is 19.3. The van der Waals surface area contributed by atoms with Crippen molar-refractivity contribution in [2.45, 2.75) is 20.4 Å². The molecule has 1 aromatic carbocycles. The Labute approximate surface area is 188 Å². The van der Waals surface area contributed by atoms with Crippen LogP contribution in [0.3, 0.4) is 0 Å². The highest BCUT2D eigenvalue weighted by Crippen LogP contribution is 2.24. The lowest BCUT2D eigenvalue weighted by atomic mass is 10.2. The monoisotopic (exact) mass is 437 g/mol. The van der Waals surface area contributed by atoms with Crippen LogP contribution in [-0.2, 0) is 18.4 Å². The Bertz CT molecular complexity index is 1070. The number of anilines is 1. The van der Waals surface area contributed by atoms with E-state index in [4.69, 9.17) is 4.74 Å². The van der Waals surface area contributed by atoms with Gasteiger partial charge in [-0.15, -0.1) is 0 Å². The zero-order chi connectivity index (χ0) is 22.7. The zero-order valence-electron chi connectivity index (χ0n) is 19.3. The first-order chi connectivity index (χ1) is 15.4. The van der Waals surface area contributed by atoms with Gasteiger partial charge in [0.1, 0.15) is 17.4 Å². The summed E-state index contributed by atoms with van der Waals surface area (Å²) in [5, 5.41) is 5.30. The average molecular weight is 438 g/mol. The fourth-order valence-electron chi connectivity index (χ4n) is 4.00. The van der Waals surface area contributed by atoms with Gasteiger partial charge in [0.25, 0.3) is 0 Å². The van der Waals surface area contributed by atoms with Gasteiger partial charge >= 0.3 is 0 Å². The van der Waals surface area contributed by atoms with Crippen LogP contribution in [0.4, 0.5) is 5.82 Å². The molecule has 0 spiro atoms. The molecule has 3 aromatic rings. The average Bonchev–Trinajstić information content (AvgIpc) is 3.16. The largest absolute Gasteiger partial charge is 0.494 e. The van der Waals surface area contributed by atoms with Gasteiger partial charge in [0.15, 0.2) is 5.65 Å². The third kappa shape index (κ3) is 4.83. The molecule has 0 saturated carbocycles. The maximum atomic E-state index is 12.8. The summed E-state index contributed by atoms with van der Waals surface area (Å²) in [7, 11) is 3.75. The Balaban J connectivity index is 1.31. The molecular weight excluding hydrogens is 406 g/mol. The Morgan fingerprint density at radius 2 is 1.84 bits per heavy atom. The fraction of sp³-hybridized carbons (Fsp3) is 0.478. The van der Waals surface area contributed by atoms with Crippen molar-refractivity contribution in [1.29, 1.82) is 0 Å². The highest BCUT2D eigenvalue weighted by molar-refractivity contribution is 5.87. The Morgan fingerprint density at radius 1 is 1.12 bits per heavy atom. The lowest BCUT2D eigenvalue weighted by molar-refractivity contribution is -0.131. The second-order valence-corrected chi connectivity index (χ2v) is 8.19. The molecule has 1 aliphatic heterocycles. The molecule has 0 radical (unpaired) electrons. The van der Waals surface area contributed by atoms with Crippen molar-refractivity contribution in [2.75, 3.05) is 51.3 Å². The molecule has 0 atom stereocenters.